The minimum absolute atomic E-state index is 0.0297. The number of halogens is 1. The fourth-order valence-electron chi connectivity index (χ4n) is 3.88. The number of nitrogens with zero attached hydrogens (tertiary/aromatic N) is 2. The number of benzene rings is 2. The van der Waals surface area contributed by atoms with Crippen molar-refractivity contribution in [2.45, 2.75) is 12.6 Å². The first-order valence-electron chi connectivity index (χ1n) is 9.33. The van der Waals surface area contributed by atoms with Gasteiger partial charge in [0.2, 0.25) is 0 Å². The van der Waals surface area contributed by atoms with Crippen LogP contribution in [0, 0.1) is 5.82 Å². The first-order valence-corrected chi connectivity index (χ1v) is 10.1. The lowest BCUT2D eigenvalue weighted by molar-refractivity contribution is 0.0499. The van der Waals surface area contributed by atoms with Crippen molar-refractivity contribution in [1.29, 1.82) is 0 Å². The van der Waals surface area contributed by atoms with E-state index in [9.17, 15) is 9.18 Å². The molecule has 1 atom stereocenters. The summed E-state index contributed by atoms with van der Waals surface area (Å²) in [5.74, 6) is -0.354. The van der Waals surface area contributed by atoms with Gasteiger partial charge in [-0.3, -0.25) is 4.79 Å². The summed E-state index contributed by atoms with van der Waals surface area (Å²) in [5, 5.41) is 0.503. The molecular formula is C22H23FN2O2S. The van der Waals surface area contributed by atoms with E-state index in [1.54, 1.807) is 13.2 Å². The average Bonchev–Trinajstić information content (AvgIpc) is 3.08. The van der Waals surface area contributed by atoms with Gasteiger partial charge < -0.3 is 14.5 Å². The van der Waals surface area contributed by atoms with Crippen LogP contribution >= 0.6 is 11.3 Å². The second kappa shape index (κ2) is 7.99. The largest absolute Gasteiger partial charge is 0.380 e. The molecule has 0 N–H and O–H groups in total. The van der Waals surface area contributed by atoms with Gasteiger partial charge in [-0.1, -0.05) is 36.4 Å². The van der Waals surface area contributed by atoms with Crippen LogP contribution in [0.2, 0.25) is 0 Å². The lowest BCUT2D eigenvalue weighted by atomic mass is 10.0. The van der Waals surface area contributed by atoms with Crippen LogP contribution in [0.15, 0.2) is 48.5 Å². The maximum Gasteiger partial charge on any atom is 0.264 e. The Bertz CT molecular complexity index is 989. The molecule has 1 fully saturated rings. The summed E-state index contributed by atoms with van der Waals surface area (Å²) < 4.78 is 20.6. The zero-order valence-electron chi connectivity index (χ0n) is 16.0. The zero-order valence-corrected chi connectivity index (χ0v) is 16.8. The summed E-state index contributed by atoms with van der Waals surface area (Å²) in [6.45, 7) is 2.44. The molecule has 1 aromatic heterocycles. The number of amides is 1. The van der Waals surface area contributed by atoms with Crippen molar-refractivity contribution in [2.75, 3.05) is 33.8 Å². The molecule has 0 aliphatic carbocycles. The number of carbonyl (C=O) groups excluding carboxylic acids is 1. The van der Waals surface area contributed by atoms with Crippen LogP contribution in [0.5, 0.6) is 0 Å². The van der Waals surface area contributed by atoms with Crippen molar-refractivity contribution in [2.24, 2.45) is 0 Å². The second-order valence-electron chi connectivity index (χ2n) is 7.14. The number of likely N-dealkylation sites (N-methyl/N-ethyl adjacent to an activating group) is 1. The Morgan fingerprint density at radius 1 is 1.18 bits per heavy atom. The highest BCUT2D eigenvalue weighted by molar-refractivity contribution is 7.21. The third-order valence-corrected chi connectivity index (χ3v) is 6.46. The summed E-state index contributed by atoms with van der Waals surface area (Å²) in [7, 11) is 3.64. The van der Waals surface area contributed by atoms with Crippen molar-refractivity contribution < 1.29 is 13.9 Å². The van der Waals surface area contributed by atoms with Crippen molar-refractivity contribution in [1.82, 2.24) is 9.80 Å². The van der Waals surface area contributed by atoms with Crippen LogP contribution in [0.3, 0.4) is 0 Å². The number of rotatable bonds is 4. The molecule has 1 amide bonds. The molecule has 2 heterocycles. The molecule has 2 aromatic carbocycles. The van der Waals surface area contributed by atoms with E-state index in [1.807, 2.05) is 29.2 Å². The van der Waals surface area contributed by atoms with Gasteiger partial charge in [0.05, 0.1) is 17.5 Å². The maximum absolute atomic E-state index is 14.5. The molecular weight excluding hydrogens is 375 g/mol. The maximum atomic E-state index is 14.5. The zero-order chi connectivity index (χ0) is 19.7. The number of methoxy groups -OCH3 is 1. The summed E-state index contributed by atoms with van der Waals surface area (Å²) in [6, 6.07) is 15.0. The summed E-state index contributed by atoms with van der Waals surface area (Å²) in [5.41, 5.74) is 1.76. The average molecular weight is 399 g/mol. The molecule has 4 nitrogen and oxygen atoms in total. The normalized spacial score (nSPS) is 18.0. The Morgan fingerprint density at radius 2 is 1.96 bits per heavy atom. The molecule has 0 bridgehead atoms. The number of fused-ring (bicyclic) bond motifs is 1. The predicted octanol–water partition coefficient (Wildman–Crippen LogP) is 4.32. The molecule has 6 heteroatoms. The minimum atomic E-state index is -0.308. The first-order chi connectivity index (χ1) is 13.6. The molecule has 146 valence electrons. The highest BCUT2D eigenvalue weighted by atomic mass is 32.1. The monoisotopic (exact) mass is 398 g/mol. The van der Waals surface area contributed by atoms with Crippen LogP contribution in [0.1, 0.15) is 26.8 Å². The second-order valence-corrected chi connectivity index (χ2v) is 8.20. The molecule has 0 radical (unpaired) electrons. The minimum Gasteiger partial charge on any atom is -0.380 e. The number of thiophene rings is 1. The lowest BCUT2D eigenvalue weighted by Crippen LogP contribution is -2.49. The molecule has 4 rings (SSSR count). The molecule has 1 saturated heterocycles. The van der Waals surface area contributed by atoms with Gasteiger partial charge in [0, 0.05) is 42.4 Å². The van der Waals surface area contributed by atoms with E-state index in [0.717, 1.165) is 23.4 Å². The number of piperazine rings is 1. The summed E-state index contributed by atoms with van der Waals surface area (Å²) in [6.07, 6.45) is 0. The quantitative estimate of drug-likeness (QED) is 0.656. The van der Waals surface area contributed by atoms with Crippen LogP contribution in [-0.2, 0) is 11.3 Å². The Morgan fingerprint density at radius 3 is 2.71 bits per heavy atom. The predicted molar refractivity (Wildman–Crippen MR) is 110 cm³/mol. The number of hydrogen-bond acceptors (Lipinski definition) is 4. The standard InChI is InChI=1S/C22H23FN2O2S/c1-24-11-12-25(18(13-24)15-7-4-3-5-8-15)22(26)21-16(14-27-2)20-17(23)9-6-10-19(20)28-21/h3-10,18H,11-14H2,1-2H3. The third kappa shape index (κ3) is 3.43. The van der Waals surface area contributed by atoms with Gasteiger partial charge in [-0.25, -0.2) is 4.39 Å². The van der Waals surface area contributed by atoms with Gasteiger partial charge in [-0.15, -0.1) is 11.3 Å². The third-order valence-electron chi connectivity index (χ3n) is 5.27. The van der Waals surface area contributed by atoms with E-state index in [1.165, 1.54) is 17.4 Å². The van der Waals surface area contributed by atoms with Crippen LogP contribution in [0.25, 0.3) is 10.1 Å². The van der Waals surface area contributed by atoms with Crippen LogP contribution in [0.4, 0.5) is 4.39 Å². The van der Waals surface area contributed by atoms with E-state index < -0.39 is 0 Å². The molecule has 3 aromatic rings. The van der Waals surface area contributed by atoms with E-state index in [4.69, 9.17) is 4.74 Å². The first kappa shape index (κ1) is 19.1. The lowest BCUT2D eigenvalue weighted by Gasteiger charge is -2.40. The Hall–Kier alpha value is -2.28. The Kier molecular flexibility index (Phi) is 5.44. The van der Waals surface area contributed by atoms with Gasteiger partial charge in [0.25, 0.3) is 5.91 Å². The fourth-order valence-corrected chi connectivity index (χ4v) is 5.05. The van der Waals surface area contributed by atoms with E-state index in [2.05, 4.69) is 24.1 Å². The van der Waals surface area contributed by atoms with Gasteiger partial charge in [0.15, 0.2) is 0 Å². The summed E-state index contributed by atoms with van der Waals surface area (Å²) >= 11 is 1.35. The highest BCUT2D eigenvalue weighted by Crippen LogP contribution is 2.36. The number of ether oxygens (including phenoxy) is 1. The van der Waals surface area contributed by atoms with E-state index in [0.29, 0.717) is 22.4 Å². The summed E-state index contributed by atoms with van der Waals surface area (Å²) in [4.78, 5) is 18.3. The molecule has 1 unspecified atom stereocenters. The molecule has 1 aliphatic rings. The SMILES string of the molecule is COCc1c(C(=O)N2CCN(C)CC2c2ccccc2)sc2cccc(F)c12. The number of hydrogen-bond donors (Lipinski definition) is 0. The van der Waals surface area contributed by atoms with Crippen molar-refractivity contribution >= 4 is 27.3 Å². The van der Waals surface area contributed by atoms with Crippen LogP contribution < -0.4 is 0 Å². The van der Waals surface area contributed by atoms with Crippen LogP contribution in [-0.4, -0.2) is 49.5 Å². The molecule has 28 heavy (non-hydrogen) atoms. The Balaban J connectivity index is 1.77. The van der Waals surface area contributed by atoms with Crippen molar-refractivity contribution in [3.8, 4) is 0 Å². The highest BCUT2D eigenvalue weighted by Gasteiger charge is 2.33. The van der Waals surface area contributed by atoms with Crippen molar-refractivity contribution in [3.63, 3.8) is 0 Å². The van der Waals surface area contributed by atoms with Crippen molar-refractivity contribution in [3.05, 3.63) is 70.4 Å². The topological polar surface area (TPSA) is 32.8 Å². The number of carbonyl (C=O) groups is 1. The van der Waals surface area contributed by atoms with Gasteiger partial charge in [0.1, 0.15) is 5.82 Å². The van der Waals surface area contributed by atoms with E-state index >= 15 is 0 Å². The Labute approximate surface area is 168 Å². The molecule has 0 saturated carbocycles. The molecule has 1 aliphatic heterocycles. The van der Waals surface area contributed by atoms with E-state index in [-0.39, 0.29) is 24.4 Å². The molecule has 0 spiro atoms. The van der Waals surface area contributed by atoms with Gasteiger partial charge in [-0.05, 0) is 24.7 Å². The van der Waals surface area contributed by atoms with Gasteiger partial charge >= 0.3 is 0 Å². The van der Waals surface area contributed by atoms with Gasteiger partial charge in [-0.2, -0.15) is 0 Å². The fraction of sp³-hybridized carbons (Fsp3) is 0.318. The smallest absolute Gasteiger partial charge is 0.264 e.